The first kappa shape index (κ1) is 29.5. The van der Waals surface area contributed by atoms with E-state index in [-0.39, 0.29) is 5.97 Å². The molecule has 3 aromatic rings. The fourth-order valence-corrected chi connectivity index (χ4v) is 5.90. The predicted molar refractivity (Wildman–Crippen MR) is 164 cm³/mol. The van der Waals surface area contributed by atoms with Crippen LogP contribution in [-0.2, 0) is 9.53 Å². The largest absolute Gasteiger partial charge is 0.489 e. The maximum atomic E-state index is 11.8. The number of fused-ring (bicyclic) bond motifs is 1. The summed E-state index contributed by atoms with van der Waals surface area (Å²) in [5, 5.41) is 4.32. The van der Waals surface area contributed by atoms with Gasteiger partial charge in [0.2, 0.25) is 0 Å². The average Bonchev–Trinajstić information content (AvgIpc) is 2.98. The number of esters is 1. The van der Waals surface area contributed by atoms with Crippen molar-refractivity contribution < 1.29 is 19.0 Å². The van der Waals surface area contributed by atoms with E-state index in [2.05, 4.69) is 41.0 Å². The number of ether oxygens (including phenoxy) is 3. The van der Waals surface area contributed by atoms with Gasteiger partial charge in [0.05, 0.1) is 25.3 Å². The van der Waals surface area contributed by atoms with Crippen LogP contribution in [0.25, 0.3) is 10.9 Å². The van der Waals surface area contributed by atoms with E-state index in [4.69, 9.17) is 14.2 Å². The highest BCUT2D eigenvalue weighted by atomic mass is 79.9. The van der Waals surface area contributed by atoms with Crippen LogP contribution in [0.3, 0.4) is 0 Å². The molecule has 2 heterocycles. The summed E-state index contributed by atoms with van der Waals surface area (Å²) in [6.07, 6.45) is 7.87. The van der Waals surface area contributed by atoms with Crippen molar-refractivity contribution in [3.8, 4) is 11.5 Å². The number of carbonyl (C=O) groups excluding carboxylic acids is 1. The number of hydrogen-bond donors (Lipinski definition) is 1. The van der Waals surface area contributed by atoms with E-state index in [0.717, 1.165) is 65.4 Å². The topological polar surface area (TPSA) is 89.1 Å². The van der Waals surface area contributed by atoms with Gasteiger partial charge in [-0.1, -0.05) is 41.3 Å². The summed E-state index contributed by atoms with van der Waals surface area (Å²) >= 11 is 3.54. The SMILES string of the molecule is CCOC(=O)CN1CCN(CCOc2cc3ncnc(Nc4cccc(Br)c4)c3cc2OCC2CCCCC2)CC1. The fraction of sp³-hybridized carbons (Fsp3) is 0.516. The summed E-state index contributed by atoms with van der Waals surface area (Å²) in [7, 11) is 0. The molecular weight excluding hydrogens is 586 g/mol. The van der Waals surface area contributed by atoms with Crippen molar-refractivity contribution in [3.05, 3.63) is 47.2 Å². The Labute approximate surface area is 250 Å². The van der Waals surface area contributed by atoms with Gasteiger partial charge >= 0.3 is 5.97 Å². The van der Waals surface area contributed by atoms with Crippen LogP contribution in [0.1, 0.15) is 39.0 Å². The Hall–Kier alpha value is -2.95. The summed E-state index contributed by atoms with van der Waals surface area (Å²) < 4.78 is 18.9. The maximum Gasteiger partial charge on any atom is 0.320 e. The molecule has 2 aromatic carbocycles. The van der Waals surface area contributed by atoms with Crippen LogP contribution in [0.4, 0.5) is 11.5 Å². The third kappa shape index (κ3) is 8.53. The predicted octanol–water partition coefficient (Wildman–Crippen LogP) is 5.65. The van der Waals surface area contributed by atoms with Gasteiger partial charge < -0.3 is 19.5 Å². The number of nitrogens with one attached hydrogen (secondary N) is 1. The van der Waals surface area contributed by atoms with E-state index in [0.29, 0.717) is 38.0 Å². The molecule has 0 atom stereocenters. The Morgan fingerprint density at radius 1 is 1.00 bits per heavy atom. The monoisotopic (exact) mass is 625 g/mol. The quantitative estimate of drug-likeness (QED) is 0.256. The maximum absolute atomic E-state index is 11.8. The van der Waals surface area contributed by atoms with Crippen LogP contribution in [-0.4, -0.2) is 84.8 Å². The van der Waals surface area contributed by atoms with Gasteiger partial charge in [0.1, 0.15) is 18.8 Å². The summed E-state index contributed by atoms with van der Waals surface area (Å²) in [5.41, 5.74) is 1.73. The summed E-state index contributed by atoms with van der Waals surface area (Å²) in [5.74, 6) is 2.59. The number of anilines is 2. The second-order valence-electron chi connectivity index (χ2n) is 10.8. The van der Waals surface area contributed by atoms with Crippen molar-refractivity contribution in [1.82, 2.24) is 19.8 Å². The van der Waals surface area contributed by atoms with E-state index < -0.39 is 0 Å². The Morgan fingerprint density at radius 2 is 1.78 bits per heavy atom. The number of benzene rings is 2. The highest BCUT2D eigenvalue weighted by molar-refractivity contribution is 9.10. The Bertz CT molecular complexity index is 1290. The van der Waals surface area contributed by atoms with E-state index >= 15 is 0 Å². The first-order valence-corrected chi connectivity index (χ1v) is 15.5. The van der Waals surface area contributed by atoms with E-state index in [1.165, 1.54) is 32.1 Å². The van der Waals surface area contributed by atoms with Crippen molar-refractivity contribution in [2.24, 2.45) is 5.92 Å². The highest BCUT2D eigenvalue weighted by Crippen LogP contribution is 2.36. The normalized spacial score (nSPS) is 16.9. The summed E-state index contributed by atoms with van der Waals surface area (Å²) in [4.78, 5) is 25.4. The zero-order valence-corrected chi connectivity index (χ0v) is 25.4. The van der Waals surface area contributed by atoms with E-state index in [9.17, 15) is 4.79 Å². The minimum absolute atomic E-state index is 0.153. The third-order valence-electron chi connectivity index (χ3n) is 7.78. The van der Waals surface area contributed by atoms with Gasteiger partial charge in [0, 0.05) is 54.3 Å². The van der Waals surface area contributed by atoms with Crippen LogP contribution in [0.2, 0.25) is 0 Å². The molecular formula is C31H40BrN5O4. The summed E-state index contributed by atoms with van der Waals surface area (Å²) in [6.45, 7) is 8.11. The first-order chi connectivity index (χ1) is 20.1. The van der Waals surface area contributed by atoms with Crippen LogP contribution in [0.15, 0.2) is 47.2 Å². The smallest absolute Gasteiger partial charge is 0.320 e. The highest BCUT2D eigenvalue weighted by Gasteiger charge is 2.21. The molecule has 41 heavy (non-hydrogen) atoms. The number of carbonyl (C=O) groups is 1. The van der Waals surface area contributed by atoms with Crippen molar-refractivity contribution >= 4 is 44.3 Å². The molecule has 220 valence electrons. The molecule has 0 amide bonds. The van der Waals surface area contributed by atoms with Crippen molar-refractivity contribution in [2.75, 3.05) is 64.4 Å². The van der Waals surface area contributed by atoms with Gasteiger partial charge in [0.25, 0.3) is 0 Å². The lowest BCUT2D eigenvalue weighted by Gasteiger charge is -2.33. The van der Waals surface area contributed by atoms with E-state index in [1.54, 1.807) is 6.33 Å². The van der Waals surface area contributed by atoms with Gasteiger partial charge in [-0.25, -0.2) is 9.97 Å². The van der Waals surface area contributed by atoms with Crippen molar-refractivity contribution in [3.63, 3.8) is 0 Å². The number of nitrogens with zero attached hydrogens (tertiary/aromatic N) is 4. The summed E-state index contributed by atoms with van der Waals surface area (Å²) in [6, 6.07) is 12.0. The molecule has 1 aliphatic carbocycles. The molecule has 0 unspecified atom stereocenters. The minimum Gasteiger partial charge on any atom is -0.489 e. The van der Waals surface area contributed by atoms with Crippen molar-refractivity contribution in [1.29, 1.82) is 0 Å². The molecule has 1 aliphatic heterocycles. The van der Waals surface area contributed by atoms with Gasteiger partial charge in [0.15, 0.2) is 11.5 Å². The molecule has 1 saturated carbocycles. The van der Waals surface area contributed by atoms with Crippen LogP contribution in [0, 0.1) is 5.92 Å². The second-order valence-corrected chi connectivity index (χ2v) is 11.7. The van der Waals surface area contributed by atoms with Crippen LogP contribution < -0.4 is 14.8 Å². The Morgan fingerprint density at radius 3 is 2.56 bits per heavy atom. The molecule has 2 aliphatic rings. The molecule has 10 heteroatoms. The number of piperazine rings is 1. The van der Waals surface area contributed by atoms with Gasteiger partial charge in [-0.2, -0.15) is 0 Å². The lowest BCUT2D eigenvalue weighted by atomic mass is 9.90. The van der Waals surface area contributed by atoms with Crippen LogP contribution >= 0.6 is 15.9 Å². The lowest BCUT2D eigenvalue weighted by molar-refractivity contribution is -0.144. The zero-order valence-electron chi connectivity index (χ0n) is 23.8. The molecule has 9 nitrogen and oxygen atoms in total. The number of halogens is 1. The molecule has 1 saturated heterocycles. The second kappa shape index (κ2) is 14.8. The fourth-order valence-electron chi connectivity index (χ4n) is 5.50. The standard InChI is InChI=1S/C31H40BrN5O4/c1-2-39-30(38)20-37-13-11-36(12-14-37)15-16-40-29-19-27-26(18-28(29)41-21-23-7-4-3-5-8-23)31(34-22-33-27)35-25-10-6-9-24(32)17-25/h6,9-10,17-19,22-23H,2-5,7-8,11-16,20-21H2,1H3,(H,33,34,35). The molecule has 1 aromatic heterocycles. The Balaban J connectivity index is 1.26. The molecule has 2 fully saturated rings. The Kier molecular flexibility index (Phi) is 10.7. The molecule has 0 bridgehead atoms. The minimum atomic E-state index is -0.153. The third-order valence-corrected chi connectivity index (χ3v) is 8.27. The van der Waals surface area contributed by atoms with Crippen LogP contribution in [0.5, 0.6) is 11.5 Å². The number of aromatic nitrogens is 2. The molecule has 1 N–H and O–H groups in total. The van der Waals surface area contributed by atoms with Gasteiger partial charge in [-0.3, -0.25) is 14.6 Å². The van der Waals surface area contributed by atoms with Gasteiger partial charge in [-0.15, -0.1) is 0 Å². The molecule has 0 radical (unpaired) electrons. The zero-order chi connectivity index (χ0) is 28.4. The van der Waals surface area contributed by atoms with Crippen molar-refractivity contribution in [2.45, 2.75) is 39.0 Å². The molecule has 0 spiro atoms. The lowest BCUT2D eigenvalue weighted by Crippen LogP contribution is -2.49. The average molecular weight is 627 g/mol. The first-order valence-electron chi connectivity index (χ1n) is 14.7. The number of rotatable bonds is 12. The molecule has 5 rings (SSSR count). The van der Waals surface area contributed by atoms with Gasteiger partial charge in [-0.05, 0) is 49.9 Å². The number of hydrogen-bond acceptors (Lipinski definition) is 9. The van der Waals surface area contributed by atoms with E-state index in [1.807, 2.05) is 43.3 Å².